The third-order valence-electron chi connectivity index (χ3n) is 3.73. The molecular formula is C15H10BrFN2O2. The summed E-state index contributed by atoms with van der Waals surface area (Å²) in [6.07, 6.45) is 0. The van der Waals surface area contributed by atoms with Crippen molar-refractivity contribution >= 4 is 22.0 Å². The highest BCUT2D eigenvalue weighted by molar-refractivity contribution is 9.10. The third-order valence-corrected chi connectivity index (χ3v) is 4.22. The van der Waals surface area contributed by atoms with Gasteiger partial charge in [-0.15, -0.1) is 0 Å². The van der Waals surface area contributed by atoms with Crippen LogP contribution in [0.1, 0.15) is 11.1 Å². The molecule has 4 nitrogen and oxygen atoms in total. The Bertz CT molecular complexity index is 793. The quantitative estimate of drug-likeness (QED) is 0.794. The SMILES string of the molecule is NC1=N[C@@]2(CO1)c1ccc(F)cc1Oc1ccc(Br)cc12. The maximum Gasteiger partial charge on any atom is 0.283 e. The van der Waals surface area contributed by atoms with Gasteiger partial charge in [-0.2, -0.15) is 0 Å². The van der Waals surface area contributed by atoms with Gasteiger partial charge in [0.25, 0.3) is 6.02 Å². The first-order chi connectivity index (χ1) is 10.1. The van der Waals surface area contributed by atoms with Gasteiger partial charge in [0.2, 0.25) is 0 Å². The highest BCUT2D eigenvalue weighted by atomic mass is 79.9. The fourth-order valence-electron chi connectivity index (χ4n) is 2.81. The van der Waals surface area contributed by atoms with Crippen LogP contribution >= 0.6 is 15.9 Å². The lowest BCUT2D eigenvalue weighted by Crippen LogP contribution is -2.31. The van der Waals surface area contributed by atoms with E-state index < -0.39 is 5.54 Å². The summed E-state index contributed by atoms with van der Waals surface area (Å²) in [5.41, 5.74) is 6.53. The number of benzene rings is 2. The minimum absolute atomic E-state index is 0.123. The van der Waals surface area contributed by atoms with E-state index in [0.717, 1.165) is 15.6 Å². The zero-order chi connectivity index (χ0) is 14.6. The fraction of sp³-hybridized carbons (Fsp3) is 0.133. The number of hydrogen-bond acceptors (Lipinski definition) is 4. The van der Waals surface area contributed by atoms with Crippen LogP contribution < -0.4 is 10.5 Å². The van der Waals surface area contributed by atoms with Crippen molar-refractivity contribution in [2.45, 2.75) is 5.54 Å². The van der Waals surface area contributed by atoms with Crippen molar-refractivity contribution in [2.24, 2.45) is 10.7 Å². The van der Waals surface area contributed by atoms with Gasteiger partial charge in [-0.3, -0.25) is 0 Å². The summed E-state index contributed by atoms with van der Waals surface area (Å²) >= 11 is 3.45. The van der Waals surface area contributed by atoms with E-state index in [1.807, 2.05) is 18.2 Å². The monoisotopic (exact) mass is 348 g/mol. The molecule has 0 saturated heterocycles. The van der Waals surface area contributed by atoms with Crippen molar-refractivity contribution in [1.29, 1.82) is 0 Å². The zero-order valence-electron chi connectivity index (χ0n) is 10.8. The van der Waals surface area contributed by atoms with Gasteiger partial charge < -0.3 is 15.2 Å². The van der Waals surface area contributed by atoms with Gasteiger partial charge in [0.05, 0.1) is 0 Å². The molecule has 106 valence electrons. The molecule has 0 radical (unpaired) electrons. The molecule has 1 spiro atoms. The Morgan fingerprint density at radius 1 is 1.14 bits per heavy atom. The van der Waals surface area contributed by atoms with E-state index in [1.165, 1.54) is 12.1 Å². The number of rotatable bonds is 0. The van der Waals surface area contributed by atoms with Gasteiger partial charge in [0.1, 0.15) is 23.9 Å². The van der Waals surface area contributed by atoms with E-state index in [0.29, 0.717) is 11.5 Å². The molecule has 2 aromatic rings. The van der Waals surface area contributed by atoms with E-state index in [-0.39, 0.29) is 18.4 Å². The average Bonchev–Trinajstić information content (AvgIpc) is 2.83. The molecule has 0 unspecified atom stereocenters. The third kappa shape index (κ3) is 1.75. The van der Waals surface area contributed by atoms with Gasteiger partial charge in [-0.25, -0.2) is 9.38 Å². The molecule has 0 saturated carbocycles. The number of ether oxygens (including phenoxy) is 2. The largest absolute Gasteiger partial charge is 0.462 e. The summed E-state index contributed by atoms with van der Waals surface area (Å²) in [4.78, 5) is 4.48. The van der Waals surface area contributed by atoms with E-state index in [9.17, 15) is 4.39 Å². The summed E-state index contributed by atoms with van der Waals surface area (Å²) < 4.78 is 25.6. The molecule has 1 atom stereocenters. The second-order valence-electron chi connectivity index (χ2n) is 4.98. The number of hydrogen-bond donors (Lipinski definition) is 1. The van der Waals surface area contributed by atoms with Crippen LogP contribution in [0.15, 0.2) is 45.9 Å². The number of nitrogens with zero attached hydrogens (tertiary/aromatic N) is 1. The normalized spacial score (nSPS) is 22.1. The molecule has 0 bridgehead atoms. The Hall–Kier alpha value is -2.08. The Morgan fingerprint density at radius 2 is 2.00 bits per heavy atom. The maximum atomic E-state index is 13.5. The van der Waals surface area contributed by atoms with Crippen LogP contribution in [-0.4, -0.2) is 12.6 Å². The Balaban J connectivity index is 2.04. The molecular weight excluding hydrogens is 339 g/mol. The molecule has 6 heteroatoms. The molecule has 0 fully saturated rings. The topological polar surface area (TPSA) is 56.8 Å². The second kappa shape index (κ2) is 4.21. The van der Waals surface area contributed by atoms with E-state index >= 15 is 0 Å². The van der Waals surface area contributed by atoms with Crippen molar-refractivity contribution in [3.63, 3.8) is 0 Å². The Morgan fingerprint density at radius 3 is 2.76 bits per heavy atom. The van der Waals surface area contributed by atoms with Crippen molar-refractivity contribution in [3.05, 3.63) is 57.8 Å². The molecule has 4 rings (SSSR count). The van der Waals surface area contributed by atoms with Gasteiger partial charge in [0, 0.05) is 21.7 Å². The molecule has 2 N–H and O–H groups in total. The van der Waals surface area contributed by atoms with Crippen molar-refractivity contribution in [2.75, 3.05) is 6.61 Å². The van der Waals surface area contributed by atoms with Crippen LogP contribution in [0.5, 0.6) is 11.5 Å². The molecule has 0 aromatic heterocycles. The highest BCUT2D eigenvalue weighted by Crippen LogP contribution is 2.51. The van der Waals surface area contributed by atoms with Gasteiger partial charge in [-0.1, -0.05) is 15.9 Å². The fourth-order valence-corrected chi connectivity index (χ4v) is 3.17. The molecule has 0 aliphatic carbocycles. The lowest BCUT2D eigenvalue weighted by atomic mass is 9.81. The van der Waals surface area contributed by atoms with Crippen molar-refractivity contribution < 1.29 is 13.9 Å². The van der Waals surface area contributed by atoms with E-state index in [2.05, 4.69) is 20.9 Å². The predicted molar refractivity (Wildman–Crippen MR) is 79.0 cm³/mol. The lowest BCUT2D eigenvalue weighted by molar-refractivity contribution is 0.264. The first kappa shape index (κ1) is 12.6. The molecule has 2 heterocycles. The average molecular weight is 349 g/mol. The number of fused-ring (bicyclic) bond motifs is 4. The van der Waals surface area contributed by atoms with Crippen molar-refractivity contribution in [3.8, 4) is 11.5 Å². The first-order valence-electron chi connectivity index (χ1n) is 6.34. The van der Waals surface area contributed by atoms with Crippen LogP contribution in [0.25, 0.3) is 0 Å². The molecule has 2 aromatic carbocycles. The lowest BCUT2D eigenvalue weighted by Gasteiger charge is -2.33. The minimum Gasteiger partial charge on any atom is -0.462 e. The van der Waals surface area contributed by atoms with Crippen LogP contribution in [0.2, 0.25) is 0 Å². The summed E-state index contributed by atoms with van der Waals surface area (Å²) in [7, 11) is 0. The summed E-state index contributed by atoms with van der Waals surface area (Å²) in [5.74, 6) is 0.700. The number of amidine groups is 1. The van der Waals surface area contributed by atoms with Gasteiger partial charge in [-0.05, 0) is 30.3 Å². The van der Waals surface area contributed by atoms with Crippen LogP contribution in [0, 0.1) is 5.82 Å². The maximum absolute atomic E-state index is 13.5. The molecule has 2 aliphatic rings. The molecule has 2 aliphatic heterocycles. The standard InChI is InChI=1S/C15H10BrFN2O2/c16-8-1-4-12-11(5-8)15(7-20-14(18)19-15)10-3-2-9(17)6-13(10)21-12/h1-6H,7H2,(H2,18,19)/t15-/m0/s1. The Labute approximate surface area is 128 Å². The van der Waals surface area contributed by atoms with Crippen LogP contribution in [-0.2, 0) is 10.3 Å². The number of nitrogens with two attached hydrogens (primary N) is 1. The van der Waals surface area contributed by atoms with Crippen LogP contribution in [0.4, 0.5) is 4.39 Å². The molecule has 21 heavy (non-hydrogen) atoms. The van der Waals surface area contributed by atoms with Gasteiger partial charge in [0.15, 0.2) is 5.54 Å². The Kier molecular flexibility index (Phi) is 2.53. The molecule has 0 amide bonds. The smallest absolute Gasteiger partial charge is 0.283 e. The second-order valence-corrected chi connectivity index (χ2v) is 5.90. The highest BCUT2D eigenvalue weighted by Gasteiger charge is 2.46. The van der Waals surface area contributed by atoms with Crippen molar-refractivity contribution in [1.82, 2.24) is 0 Å². The van der Waals surface area contributed by atoms with Crippen LogP contribution in [0.3, 0.4) is 0 Å². The first-order valence-corrected chi connectivity index (χ1v) is 7.14. The predicted octanol–water partition coefficient (Wildman–Crippen LogP) is 3.28. The summed E-state index contributed by atoms with van der Waals surface area (Å²) in [6.45, 7) is 0.268. The summed E-state index contributed by atoms with van der Waals surface area (Å²) in [5, 5.41) is 0. The number of aliphatic imine (C=N–C) groups is 1. The van der Waals surface area contributed by atoms with Gasteiger partial charge >= 0.3 is 0 Å². The van der Waals surface area contributed by atoms with E-state index in [1.54, 1.807) is 6.07 Å². The minimum atomic E-state index is -0.787. The number of halogens is 2. The zero-order valence-corrected chi connectivity index (χ0v) is 12.4. The summed E-state index contributed by atoms with van der Waals surface area (Å²) in [6, 6.07) is 10.1. The van der Waals surface area contributed by atoms with E-state index in [4.69, 9.17) is 15.2 Å².